The highest BCUT2D eigenvalue weighted by Gasteiger charge is 2.45. The van der Waals surface area contributed by atoms with E-state index in [1.165, 1.54) is 32.1 Å². The maximum absolute atomic E-state index is 12.6. The maximum atomic E-state index is 12.6. The Hall–Kier alpha value is -1.59. The van der Waals surface area contributed by atoms with Gasteiger partial charge in [-0.25, -0.2) is 0 Å². The van der Waals surface area contributed by atoms with Crippen molar-refractivity contribution in [3.05, 3.63) is 5.89 Å². The van der Waals surface area contributed by atoms with Crippen molar-refractivity contribution < 1.29 is 9.21 Å². The molecule has 1 aromatic heterocycles. The normalized spacial score (nSPS) is 24.8. The first-order valence-electron chi connectivity index (χ1n) is 9.54. The Bertz CT molecular complexity index is 580. The molecule has 3 aliphatic rings. The number of nitrogens with zero attached hydrogens (tertiary/aromatic N) is 3. The van der Waals surface area contributed by atoms with Crippen molar-refractivity contribution in [1.29, 1.82) is 0 Å². The number of likely N-dealkylation sites (tertiary alicyclic amines) is 1. The third kappa shape index (κ3) is 3.28. The standard InChI is InChI=1S/C18H28N4O2/c1-13(16(23)22-11-9-18(7-8-18)10-12-22)19-17-21-20-15(24-17)14-5-3-2-4-6-14/h13-14H,2-12H2,1H3,(H,19,21)/t13-/m0/s1. The molecule has 0 radical (unpaired) electrons. The summed E-state index contributed by atoms with van der Waals surface area (Å²) >= 11 is 0. The highest BCUT2D eigenvalue weighted by Crippen LogP contribution is 2.53. The third-order valence-electron chi connectivity index (χ3n) is 6.20. The monoisotopic (exact) mass is 332 g/mol. The molecule has 2 saturated carbocycles. The first kappa shape index (κ1) is 15.9. The fourth-order valence-corrected chi connectivity index (χ4v) is 4.21. The van der Waals surface area contributed by atoms with Gasteiger partial charge in [-0.3, -0.25) is 4.79 Å². The summed E-state index contributed by atoms with van der Waals surface area (Å²) in [4.78, 5) is 14.6. The average Bonchev–Trinajstić information content (AvgIpc) is 3.20. The minimum Gasteiger partial charge on any atom is -0.408 e. The zero-order valence-corrected chi connectivity index (χ0v) is 14.6. The van der Waals surface area contributed by atoms with Gasteiger partial charge in [0.25, 0.3) is 0 Å². The minimum absolute atomic E-state index is 0.142. The molecule has 1 atom stereocenters. The molecular formula is C18H28N4O2. The largest absolute Gasteiger partial charge is 0.408 e. The number of amides is 1. The Balaban J connectivity index is 1.31. The second-order valence-electron chi connectivity index (χ2n) is 7.97. The number of piperidine rings is 1. The van der Waals surface area contributed by atoms with Crippen LogP contribution in [0.2, 0.25) is 0 Å². The molecule has 1 spiro atoms. The van der Waals surface area contributed by atoms with E-state index in [0.717, 1.165) is 44.7 Å². The van der Waals surface area contributed by atoms with Crippen LogP contribution >= 0.6 is 0 Å². The van der Waals surface area contributed by atoms with Gasteiger partial charge in [-0.1, -0.05) is 24.4 Å². The van der Waals surface area contributed by atoms with Crippen LogP contribution in [0, 0.1) is 5.41 Å². The van der Waals surface area contributed by atoms with Crippen molar-refractivity contribution in [2.75, 3.05) is 18.4 Å². The van der Waals surface area contributed by atoms with Crippen molar-refractivity contribution in [3.8, 4) is 0 Å². The van der Waals surface area contributed by atoms with E-state index in [4.69, 9.17) is 4.42 Å². The lowest BCUT2D eigenvalue weighted by Gasteiger charge is -2.33. The smallest absolute Gasteiger partial charge is 0.316 e. The predicted octanol–water partition coefficient (Wildman–Crippen LogP) is 3.32. The van der Waals surface area contributed by atoms with E-state index >= 15 is 0 Å². The molecule has 3 fully saturated rings. The number of carbonyl (C=O) groups is 1. The van der Waals surface area contributed by atoms with Gasteiger partial charge in [-0.15, -0.1) is 5.10 Å². The van der Waals surface area contributed by atoms with Crippen LogP contribution in [0.25, 0.3) is 0 Å². The second-order valence-corrected chi connectivity index (χ2v) is 7.97. The molecule has 6 nitrogen and oxygen atoms in total. The van der Waals surface area contributed by atoms with E-state index < -0.39 is 0 Å². The van der Waals surface area contributed by atoms with Crippen LogP contribution in [-0.2, 0) is 4.79 Å². The molecule has 0 bridgehead atoms. The lowest BCUT2D eigenvalue weighted by atomic mass is 9.89. The van der Waals surface area contributed by atoms with Crippen molar-refractivity contribution in [2.24, 2.45) is 5.41 Å². The van der Waals surface area contributed by atoms with E-state index in [-0.39, 0.29) is 11.9 Å². The van der Waals surface area contributed by atoms with Crippen LogP contribution in [0.5, 0.6) is 0 Å². The maximum Gasteiger partial charge on any atom is 0.316 e. The van der Waals surface area contributed by atoms with Gasteiger partial charge in [-0.2, -0.15) is 0 Å². The minimum atomic E-state index is -0.321. The summed E-state index contributed by atoms with van der Waals surface area (Å²) in [6.07, 6.45) is 11.1. The van der Waals surface area contributed by atoms with Crippen molar-refractivity contribution in [3.63, 3.8) is 0 Å². The molecule has 0 aromatic carbocycles. The molecule has 1 amide bonds. The topological polar surface area (TPSA) is 71.3 Å². The first-order chi connectivity index (χ1) is 11.7. The Labute approximate surface area is 143 Å². The van der Waals surface area contributed by atoms with Crippen molar-refractivity contribution in [2.45, 2.75) is 76.7 Å². The highest BCUT2D eigenvalue weighted by atomic mass is 16.4. The average molecular weight is 332 g/mol. The molecule has 0 unspecified atom stereocenters. The van der Waals surface area contributed by atoms with Gasteiger partial charge in [-0.05, 0) is 50.9 Å². The van der Waals surface area contributed by atoms with E-state index in [1.807, 2.05) is 11.8 Å². The molecule has 1 aromatic rings. The van der Waals surface area contributed by atoms with Crippen molar-refractivity contribution >= 4 is 11.9 Å². The summed E-state index contributed by atoms with van der Waals surface area (Å²) in [5.74, 6) is 1.26. The number of rotatable bonds is 4. The van der Waals surface area contributed by atoms with Crippen LogP contribution < -0.4 is 5.32 Å². The number of carbonyl (C=O) groups excluding carboxylic acids is 1. The Morgan fingerprint density at radius 2 is 1.88 bits per heavy atom. The second kappa shape index (κ2) is 6.37. The first-order valence-corrected chi connectivity index (χ1v) is 9.54. The highest BCUT2D eigenvalue weighted by molar-refractivity contribution is 5.83. The SMILES string of the molecule is C[C@H](Nc1nnc(C2CCCCC2)o1)C(=O)N1CCC2(CC1)CC2. The summed E-state index contributed by atoms with van der Waals surface area (Å²) < 4.78 is 5.77. The van der Waals surface area contributed by atoms with Crippen LogP contribution in [-0.4, -0.2) is 40.1 Å². The summed E-state index contributed by atoms with van der Waals surface area (Å²) in [6.45, 7) is 3.67. The molecule has 1 aliphatic heterocycles. The molecule has 132 valence electrons. The molecule has 1 saturated heterocycles. The quantitative estimate of drug-likeness (QED) is 0.916. The Kier molecular flexibility index (Phi) is 4.22. The number of hydrogen-bond donors (Lipinski definition) is 1. The van der Waals surface area contributed by atoms with Gasteiger partial charge >= 0.3 is 6.01 Å². The molecular weight excluding hydrogens is 304 g/mol. The van der Waals surface area contributed by atoms with Gasteiger partial charge in [0.05, 0.1) is 0 Å². The van der Waals surface area contributed by atoms with E-state index in [1.54, 1.807) is 0 Å². The van der Waals surface area contributed by atoms with Gasteiger partial charge in [0.1, 0.15) is 6.04 Å². The Morgan fingerprint density at radius 1 is 1.17 bits per heavy atom. The number of anilines is 1. The summed E-state index contributed by atoms with van der Waals surface area (Å²) in [5, 5.41) is 11.4. The molecule has 2 heterocycles. The molecule has 6 heteroatoms. The summed E-state index contributed by atoms with van der Waals surface area (Å²) in [6, 6.07) is 0.0602. The molecule has 4 rings (SSSR count). The number of aromatic nitrogens is 2. The summed E-state index contributed by atoms with van der Waals surface area (Å²) in [5.41, 5.74) is 0.592. The summed E-state index contributed by atoms with van der Waals surface area (Å²) in [7, 11) is 0. The van der Waals surface area contributed by atoms with Gasteiger partial charge in [0, 0.05) is 19.0 Å². The third-order valence-corrected chi connectivity index (χ3v) is 6.20. The lowest BCUT2D eigenvalue weighted by molar-refractivity contribution is -0.133. The van der Waals surface area contributed by atoms with E-state index in [9.17, 15) is 4.79 Å². The van der Waals surface area contributed by atoms with Crippen LogP contribution in [0.15, 0.2) is 4.42 Å². The zero-order chi connectivity index (χ0) is 16.6. The number of hydrogen-bond acceptors (Lipinski definition) is 5. The van der Waals surface area contributed by atoms with E-state index in [0.29, 0.717) is 17.3 Å². The van der Waals surface area contributed by atoms with Crippen LogP contribution in [0.3, 0.4) is 0 Å². The lowest BCUT2D eigenvalue weighted by Crippen LogP contribution is -2.45. The van der Waals surface area contributed by atoms with Gasteiger partial charge < -0.3 is 14.6 Å². The van der Waals surface area contributed by atoms with Gasteiger partial charge in [0.2, 0.25) is 11.8 Å². The Morgan fingerprint density at radius 3 is 2.54 bits per heavy atom. The van der Waals surface area contributed by atoms with Crippen LogP contribution in [0.4, 0.5) is 6.01 Å². The predicted molar refractivity (Wildman–Crippen MR) is 90.7 cm³/mol. The van der Waals surface area contributed by atoms with E-state index in [2.05, 4.69) is 15.5 Å². The van der Waals surface area contributed by atoms with Crippen LogP contribution in [0.1, 0.15) is 76.5 Å². The zero-order valence-electron chi connectivity index (χ0n) is 14.6. The van der Waals surface area contributed by atoms with Gasteiger partial charge in [0.15, 0.2) is 0 Å². The number of nitrogens with one attached hydrogen (secondary N) is 1. The van der Waals surface area contributed by atoms with Crippen molar-refractivity contribution in [1.82, 2.24) is 15.1 Å². The molecule has 1 N–H and O–H groups in total. The molecule has 2 aliphatic carbocycles. The molecule has 24 heavy (non-hydrogen) atoms. The fourth-order valence-electron chi connectivity index (χ4n) is 4.21. The fraction of sp³-hybridized carbons (Fsp3) is 0.833.